The van der Waals surface area contributed by atoms with Gasteiger partial charge in [-0.25, -0.2) is 0 Å². The molecule has 1 unspecified atom stereocenters. The molecule has 2 N–H and O–H groups in total. The minimum absolute atomic E-state index is 0.0161. The Labute approximate surface area is 128 Å². The van der Waals surface area contributed by atoms with Gasteiger partial charge in [0.25, 0.3) is 0 Å². The number of para-hydroxylation sites is 1. The molecule has 118 valence electrons. The number of aliphatic hydroxyl groups excluding tert-OH is 1. The molecule has 4 heteroatoms. The van der Waals surface area contributed by atoms with Gasteiger partial charge in [-0.3, -0.25) is 4.79 Å². The van der Waals surface area contributed by atoms with E-state index in [4.69, 9.17) is 0 Å². The van der Waals surface area contributed by atoms with Crippen molar-refractivity contribution in [3.05, 3.63) is 30.3 Å². The molecule has 1 amide bonds. The molecule has 0 aromatic heterocycles. The second kappa shape index (κ2) is 8.03. The molecule has 0 saturated carbocycles. The monoisotopic (exact) mass is 292 g/mol. The van der Waals surface area contributed by atoms with Crippen LogP contribution in [-0.2, 0) is 4.79 Å². The molecule has 0 heterocycles. The van der Waals surface area contributed by atoms with Crippen molar-refractivity contribution in [3.8, 4) is 0 Å². The predicted molar refractivity (Wildman–Crippen MR) is 87.5 cm³/mol. The first kappa shape index (κ1) is 17.5. The average Bonchev–Trinajstić information content (AvgIpc) is 2.48. The van der Waals surface area contributed by atoms with Gasteiger partial charge in [0, 0.05) is 11.2 Å². The fourth-order valence-electron chi connectivity index (χ4n) is 2.16. The largest absolute Gasteiger partial charge is 0.394 e. The van der Waals surface area contributed by atoms with E-state index in [0.717, 1.165) is 18.5 Å². The van der Waals surface area contributed by atoms with E-state index in [1.165, 1.54) is 0 Å². The van der Waals surface area contributed by atoms with Gasteiger partial charge < -0.3 is 15.3 Å². The third-order valence-corrected chi connectivity index (χ3v) is 3.89. The topological polar surface area (TPSA) is 52.6 Å². The van der Waals surface area contributed by atoms with E-state index in [-0.39, 0.29) is 30.6 Å². The summed E-state index contributed by atoms with van der Waals surface area (Å²) in [5.41, 5.74) is 0.753. The molecule has 1 atom stereocenters. The van der Waals surface area contributed by atoms with Crippen LogP contribution in [0, 0.1) is 0 Å². The first-order valence-electron chi connectivity index (χ1n) is 7.67. The first-order valence-corrected chi connectivity index (χ1v) is 7.67. The Kier molecular flexibility index (Phi) is 6.69. The number of benzene rings is 1. The molecule has 1 aromatic rings. The summed E-state index contributed by atoms with van der Waals surface area (Å²) in [6.45, 7) is 8.40. The van der Waals surface area contributed by atoms with Gasteiger partial charge in [0.1, 0.15) is 0 Å². The number of carbonyl (C=O) groups is 1. The van der Waals surface area contributed by atoms with Gasteiger partial charge in [0.15, 0.2) is 0 Å². The van der Waals surface area contributed by atoms with E-state index in [1.807, 2.05) is 56.0 Å². The molecule has 1 rings (SSSR count). The molecule has 0 aliphatic rings. The molecule has 0 bridgehead atoms. The third-order valence-electron chi connectivity index (χ3n) is 3.89. The van der Waals surface area contributed by atoms with Gasteiger partial charge in [0.05, 0.1) is 19.2 Å². The maximum absolute atomic E-state index is 12.3. The molecule has 0 radical (unpaired) electrons. The SMILES string of the molecule is CCC(CO)N(CC(=O)NC(C)(C)CC)c1ccccc1. The number of carbonyl (C=O) groups excluding carboxylic acids is 1. The van der Waals surface area contributed by atoms with Crippen molar-refractivity contribution in [3.63, 3.8) is 0 Å². The quantitative estimate of drug-likeness (QED) is 0.774. The van der Waals surface area contributed by atoms with Crippen molar-refractivity contribution >= 4 is 11.6 Å². The van der Waals surface area contributed by atoms with Crippen LogP contribution in [0.15, 0.2) is 30.3 Å². The number of amides is 1. The van der Waals surface area contributed by atoms with Crippen LogP contribution < -0.4 is 10.2 Å². The normalized spacial score (nSPS) is 12.8. The number of rotatable bonds is 8. The van der Waals surface area contributed by atoms with Crippen molar-refractivity contribution in [2.45, 2.75) is 52.1 Å². The van der Waals surface area contributed by atoms with Crippen LogP contribution in [-0.4, -0.2) is 35.7 Å². The Hall–Kier alpha value is -1.55. The highest BCUT2D eigenvalue weighted by molar-refractivity contribution is 5.82. The zero-order valence-corrected chi connectivity index (χ0v) is 13.6. The molecule has 21 heavy (non-hydrogen) atoms. The molecular formula is C17H28N2O2. The van der Waals surface area contributed by atoms with Gasteiger partial charge in [-0.1, -0.05) is 32.0 Å². The Morgan fingerprint density at radius 1 is 1.29 bits per heavy atom. The molecule has 4 nitrogen and oxygen atoms in total. The molecular weight excluding hydrogens is 264 g/mol. The van der Waals surface area contributed by atoms with Crippen LogP contribution in [0.1, 0.15) is 40.5 Å². The lowest BCUT2D eigenvalue weighted by atomic mass is 10.0. The minimum atomic E-state index is -0.208. The van der Waals surface area contributed by atoms with Gasteiger partial charge in [0.2, 0.25) is 5.91 Å². The zero-order valence-electron chi connectivity index (χ0n) is 13.6. The van der Waals surface area contributed by atoms with E-state index in [0.29, 0.717) is 0 Å². The molecule has 0 fully saturated rings. The number of hydrogen-bond acceptors (Lipinski definition) is 3. The van der Waals surface area contributed by atoms with E-state index < -0.39 is 0 Å². The Morgan fingerprint density at radius 3 is 2.38 bits per heavy atom. The van der Waals surface area contributed by atoms with Crippen molar-refractivity contribution in [1.82, 2.24) is 5.32 Å². The van der Waals surface area contributed by atoms with E-state index in [9.17, 15) is 9.90 Å². The third kappa shape index (κ3) is 5.38. The summed E-state index contributed by atoms with van der Waals surface area (Å²) in [6, 6.07) is 9.72. The van der Waals surface area contributed by atoms with Crippen LogP contribution in [0.5, 0.6) is 0 Å². The first-order chi connectivity index (χ1) is 9.93. The van der Waals surface area contributed by atoms with E-state index >= 15 is 0 Å². The second-order valence-electron chi connectivity index (χ2n) is 5.99. The van der Waals surface area contributed by atoms with Gasteiger partial charge in [-0.2, -0.15) is 0 Å². The van der Waals surface area contributed by atoms with Crippen molar-refractivity contribution < 1.29 is 9.90 Å². The number of nitrogens with one attached hydrogen (secondary N) is 1. The summed E-state index contributed by atoms with van der Waals surface area (Å²) in [4.78, 5) is 14.3. The number of anilines is 1. The summed E-state index contributed by atoms with van der Waals surface area (Å²) in [5, 5.41) is 12.6. The number of nitrogens with zero attached hydrogens (tertiary/aromatic N) is 1. The molecule has 0 spiro atoms. The molecule has 1 aromatic carbocycles. The Bertz CT molecular complexity index is 428. The summed E-state index contributed by atoms with van der Waals surface area (Å²) >= 11 is 0. The highest BCUT2D eigenvalue weighted by atomic mass is 16.3. The van der Waals surface area contributed by atoms with Gasteiger partial charge in [-0.15, -0.1) is 0 Å². The lowest BCUT2D eigenvalue weighted by molar-refractivity contribution is -0.121. The Balaban J connectivity index is 2.86. The van der Waals surface area contributed by atoms with Gasteiger partial charge >= 0.3 is 0 Å². The van der Waals surface area contributed by atoms with Crippen LogP contribution in [0.4, 0.5) is 5.69 Å². The fraction of sp³-hybridized carbons (Fsp3) is 0.588. The van der Waals surface area contributed by atoms with Gasteiger partial charge in [-0.05, 0) is 38.8 Å². The smallest absolute Gasteiger partial charge is 0.239 e. The average molecular weight is 292 g/mol. The highest BCUT2D eigenvalue weighted by Crippen LogP contribution is 2.18. The summed E-state index contributed by atoms with van der Waals surface area (Å²) in [7, 11) is 0. The summed E-state index contributed by atoms with van der Waals surface area (Å²) in [5.74, 6) is -0.0161. The van der Waals surface area contributed by atoms with Crippen molar-refractivity contribution in [2.24, 2.45) is 0 Å². The maximum Gasteiger partial charge on any atom is 0.239 e. The van der Waals surface area contributed by atoms with Crippen LogP contribution in [0.25, 0.3) is 0 Å². The standard InChI is InChI=1S/C17H28N2O2/c1-5-14(13-20)19(15-10-8-7-9-11-15)12-16(21)18-17(3,4)6-2/h7-11,14,20H,5-6,12-13H2,1-4H3,(H,18,21). The summed E-state index contributed by atoms with van der Waals surface area (Å²) < 4.78 is 0. The Morgan fingerprint density at radius 2 is 1.90 bits per heavy atom. The molecule has 0 aliphatic heterocycles. The lowest BCUT2D eigenvalue weighted by Gasteiger charge is -2.33. The number of hydrogen-bond donors (Lipinski definition) is 2. The van der Waals surface area contributed by atoms with Crippen LogP contribution >= 0.6 is 0 Å². The molecule has 0 saturated heterocycles. The van der Waals surface area contributed by atoms with Crippen LogP contribution in [0.2, 0.25) is 0 Å². The molecule has 0 aliphatic carbocycles. The highest BCUT2D eigenvalue weighted by Gasteiger charge is 2.23. The van der Waals surface area contributed by atoms with Crippen molar-refractivity contribution in [2.75, 3.05) is 18.1 Å². The number of aliphatic hydroxyl groups is 1. The summed E-state index contributed by atoms with van der Waals surface area (Å²) in [6.07, 6.45) is 1.66. The lowest BCUT2D eigenvalue weighted by Crippen LogP contribution is -2.50. The maximum atomic E-state index is 12.3. The second-order valence-corrected chi connectivity index (χ2v) is 5.99. The van der Waals surface area contributed by atoms with E-state index in [1.54, 1.807) is 0 Å². The predicted octanol–water partition coefficient (Wildman–Crippen LogP) is 2.57. The van der Waals surface area contributed by atoms with E-state index in [2.05, 4.69) is 12.2 Å². The fourth-order valence-corrected chi connectivity index (χ4v) is 2.16. The van der Waals surface area contributed by atoms with Crippen LogP contribution in [0.3, 0.4) is 0 Å². The van der Waals surface area contributed by atoms with Crippen molar-refractivity contribution in [1.29, 1.82) is 0 Å². The minimum Gasteiger partial charge on any atom is -0.394 e. The zero-order chi connectivity index (χ0) is 15.9.